The van der Waals surface area contributed by atoms with E-state index in [2.05, 4.69) is 20.4 Å². The first kappa shape index (κ1) is 13.1. The fourth-order valence-electron chi connectivity index (χ4n) is 0.936. The molecule has 0 rings (SSSR count). The van der Waals surface area contributed by atoms with Crippen molar-refractivity contribution in [2.75, 3.05) is 11.5 Å². The molecule has 0 amide bonds. The number of rotatable bonds is 7. The topological polar surface area (TPSA) is 20.2 Å². The first-order chi connectivity index (χ1) is 6.02. The fourth-order valence-corrected chi connectivity index (χ4v) is 1.98. The summed E-state index contributed by atoms with van der Waals surface area (Å²) < 4.78 is 0. The van der Waals surface area contributed by atoms with Crippen molar-refractivity contribution in [1.29, 1.82) is 0 Å². The van der Waals surface area contributed by atoms with Gasteiger partial charge in [0.1, 0.15) is 0 Å². The molecule has 1 nitrogen and oxygen atoms in total. The monoisotopic (exact) mass is 202 g/mol. The van der Waals surface area contributed by atoms with Gasteiger partial charge >= 0.3 is 0 Å². The maximum absolute atomic E-state index is 9.55. The third-order valence-corrected chi connectivity index (χ3v) is 3.19. The van der Waals surface area contributed by atoms with Gasteiger partial charge in [0, 0.05) is 5.75 Å². The van der Waals surface area contributed by atoms with Crippen LogP contribution in [-0.4, -0.2) is 22.7 Å². The molecule has 0 bridgehead atoms. The minimum atomic E-state index is -0.152. The fraction of sp³-hybridized carbons (Fsp3) is 0.818. The van der Waals surface area contributed by atoms with Crippen LogP contribution in [0.5, 0.6) is 0 Å². The number of aliphatic hydroxyl groups excluding tert-OH is 1. The van der Waals surface area contributed by atoms with E-state index in [0.29, 0.717) is 0 Å². The summed E-state index contributed by atoms with van der Waals surface area (Å²) >= 11 is 1.84. The van der Waals surface area contributed by atoms with Crippen LogP contribution in [0.2, 0.25) is 0 Å². The van der Waals surface area contributed by atoms with Crippen molar-refractivity contribution in [3.8, 4) is 0 Å². The number of hydrogen-bond donors (Lipinski definition) is 1. The van der Waals surface area contributed by atoms with E-state index in [-0.39, 0.29) is 6.10 Å². The van der Waals surface area contributed by atoms with Gasteiger partial charge in [0.25, 0.3) is 0 Å². The molecule has 0 heterocycles. The Kier molecular flexibility index (Phi) is 7.48. The molecule has 0 aliphatic heterocycles. The molecule has 1 atom stereocenters. The van der Waals surface area contributed by atoms with Gasteiger partial charge in [-0.3, -0.25) is 0 Å². The lowest BCUT2D eigenvalue weighted by molar-refractivity contribution is 0.189. The zero-order valence-electron chi connectivity index (χ0n) is 9.05. The average Bonchev–Trinajstić information content (AvgIpc) is 2.00. The molecule has 0 fully saturated rings. The van der Waals surface area contributed by atoms with Crippen molar-refractivity contribution in [1.82, 2.24) is 0 Å². The van der Waals surface area contributed by atoms with Gasteiger partial charge in [-0.15, -0.1) is 6.58 Å². The highest BCUT2D eigenvalue weighted by Gasteiger charge is 2.04. The molecule has 0 aliphatic rings. The molecule has 0 radical (unpaired) electrons. The summed E-state index contributed by atoms with van der Waals surface area (Å²) in [7, 11) is 0. The van der Waals surface area contributed by atoms with Crippen LogP contribution in [0.15, 0.2) is 12.2 Å². The summed E-state index contributed by atoms with van der Waals surface area (Å²) in [5, 5.41) is 9.55. The molecule has 1 unspecified atom stereocenters. The van der Waals surface area contributed by atoms with Gasteiger partial charge in [-0.1, -0.05) is 19.4 Å². The molecule has 0 aromatic rings. The number of allylic oxidation sites excluding steroid dienone is 1. The van der Waals surface area contributed by atoms with Gasteiger partial charge in [0.05, 0.1) is 6.10 Å². The maximum atomic E-state index is 9.55. The van der Waals surface area contributed by atoms with E-state index in [1.807, 2.05) is 18.7 Å². The smallest absolute Gasteiger partial charge is 0.0633 e. The van der Waals surface area contributed by atoms with Crippen molar-refractivity contribution < 1.29 is 5.11 Å². The van der Waals surface area contributed by atoms with Crippen molar-refractivity contribution >= 4 is 11.8 Å². The van der Waals surface area contributed by atoms with E-state index in [1.165, 1.54) is 0 Å². The molecule has 0 spiro atoms. The second kappa shape index (κ2) is 7.45. The molecule has 0 saturated carbocycles. The summed E-state index contributed by atoms with van der Waals surface area (Å²) in [4.78, 5) is 0. The van der Waals surface area contributed by atoms with E-state index >= 15 is 0 Å². The average molecular weight is 202 g/mol. The Balaban J connectivity index is 3.30. The van der Waals surface area contributed by atoms with Crippen molar-refractivity contribution in [3.63, 3.8) is 0 Å². The van der Waals surface area contributed by atoms with E-state index in [4.69, 9.17) is 0 Å². The number of hydrogen-bond acceptors (Lipinski definition) is 2. The molecule has 78 valence electrons. The molecule has 2 heteroatoms. The Bertz CT molecular complexity index is 143. The highest BCUT2D eigenvalue weighted by molar-refractivity contribution is 7.99. The molecule has 0 saturated heterocycles. The zero-order chi connectivity index (χ0) is 10.3. The van der Waals surface area contributed by atoms with E-state index < -0.39 is 0 Å². The minimum Gasteiger partial charge on any atom is -0.392 e. The van der Waals surface area contributed by atoms with Crippen LogP contribution in [-0.2, 0) is 0 Å². The predicted octanol–water partition coefficient (Wildman–Crippen LogP) is 3.09. The Hall–Kier alpha value is 0.0500. The Morgan fingerprint density at radius 2 is 2.00 bits per heavy atom. The molecule has 13 heavy (non-hydrogen) atoms. The third-order valence-electron chi connectivity index (χ3n) is 1.67. The van der Waals surface area contributed by atoms with Crippen LogP contribution < -0.4 is 0 Å². The molecule has 0 aliphatic carbocycles. The highest BCUT2D eigenvalue weighted by Crippen LogP contribution is 2.12. The Morgan fingerprint density at radius 1 is 1.38 bits per heavy atom. The Morgan fingerprint density at radius 3 is 2.46 bits per heavy atom. The molecule has 1 N–H and O–H groups in total. The first-order valence-electron chi connectivity index (χ1n) is 4.92. The Labute approximate surface area is 86.6 Å². The van der Waals surface area contributed by atoms with Gasteiger partial charge in [-0.25, -0.2) is 0 Å². The van der Waals surface area contributed by atoms with E-state index in [1.54, 1.807) is 0 Å². The normalized spacial score (nSPS) is 13.3. The predicted molar refractivity (Wildman–Crippen MR) is 62.2 cm³/mol. The lowest BCUT2D eigenvalue weighted by Gasteiger charge is -2.10. The molecular formula is C11H22OS. The highest BCUT2D eigenvalue weighted by atomic mass is 32.2. The van der Waals surface area contributed by atoms with Crippen LogP contribution in [0.25, 0.3) is 0 Å². The molecule has 0 aromatic carbocycles. The summed E-state index contributed by atoms with van der Waals surface area (Å²) in [6.07, 6.45) is 1.66. The largest absolute Gasteiger partial charge is 0.392 e. The standard InChI is InChI=1S/C11H22OS/c1-9(2)5-6-11(12)8-13-7-10(3)4/h10-12H,1,5-8H2,2-4H3. The minimum absolute atomic E-state index is 0.152. The number of thioether (sulfide) groups is 1. The van der Waals surface area contributed by atoms with Crippen molar-refractivity contribution in [3.05, 3.63) is 12.2 Å². The van der Waals surface area contributed by atoms with E-state index in [9.17, 15) is 5.11 Å². The third kappa shape index (κ3) is 9.97. The second-order valence-electron chi connectivity index (χ2n) is 4.08. The van der Waals surface area contributed by atoms with Crippen LogP contribution in [0.1, 0.15) is 33.6 Å². The van der Waals surface area contributed by atoms with Crippen LogP contribution in [0.4, 0.5) is 0 Å². The van der Waals surface area contributed by atoms with Gasteiger partial charge in [-0.2, -0.15) is 11.8 Å². The van der Waals surface area contributed by atoms with Crippen molar-refractivity contribution in [2.45, 2.75) is 39.7 Å². The van der Waals surface area contributed by atoms with Gasteiger partial charge in [0.15, 0.2) is 0 Å². The maximum Gasteiger partial charge on any atom is 0.0633 e. The molecule has 0 aromatic heterocycles. The summed E-state index contributed by atoms with van der Waals surface area (Å²) in [5.74, 6) is 2.73. The SMILES string of the molecule is C=C(C)CCC(O)CSCC(C)C. The summed E-state index contributed by atoms with van der Waals surface area (Å²) in [6, 6.07) is 0. The van der Waals surface area contributed by atoms with Gasteiger partial charge in [0.2, 0.25) is 0 Å². The lowest BCUT2D eigenvalue weighted by atomic mass is 10.1. The van der Waals surface area contributed by atoms with E-state index in [0.717, 1.165) is 35.8 Å². The van der Waals surface area contributed by atoms with Crippen LogP contribution >= 0.6 is 11.8 Å². The van der Waals surface area contributed by atoms with Gasteiger partial charge < -0.3 is 5.11 Å². The summed E-state index contributed by atoms with van der Waals surface area (Å²) in [6.45, 7) is 10.2. The first-order valence-corrected chi connectivity index (χ1v) is 6.08. The molecular weight excluding hydrogens is 180 g/mol. The van der Waals surface area contributed by atoms with Crippen LogP contribution in [0, 0.1) is 5.92 Å². The second-order valence-corrected chi connectivity index (χ2v) is 5.16. The van der Waals surface area contributed by atoms with Gasteiger partial charge in [-0.05, 0) is 31.4 Å². The number of aliphatic hydroxyl groups is 1. The van der Waals surface area contributed by atoms with Crippen molar-refractivity contribution in [2.24, 2.45) is 5.92 Å². The summed E-state index contributed by atoms with van der Waals surface area (Å²) in [5.41, 5.74) is 1.16. The quantitative estimate of drug-likeness (QED) is 0.640. The lowest BCUT2D eigenvalue weighted by Crippen LogP contribution is -2.10. The van der Waals surface area contributed by atoms with Crippen LogP contribution in [0.3, 0.4) is 0 Å². The zero-order valence-corrected chi connectivity index (χ0v) is 9.86.